The summed E-state index contributed by atoms with van der Waals surface area (Å²) >= 11 is 18.5. The molecule has 0 aromatic carbocycles. The predicted molar refractivity (Wildman–Crippen MR) is 77.8 cm³/mol. The molecule has 1 aromatic heterocycles. The van der Waals surface area contributed by atoms with Crippen molar-refractivity contribution in [2.75, 3.05) is 6.61 Å². The van der Waals surface area contributed by atoms with Gasteiger partial charge >= 0.3 is 0 Å². The Hall–Kier alpha value is -0.330. The van der Waals surface area contributed by atoms with Gasteiger partial charge in [0.25, 0.3) is 0 Å². The number of halogens is 3. The van der Waals surface area contributed by atoms with Crippen LogP contribution in [0.4, 0.5) is 0 Å². The molecule has 0 radical (unpaired) electrons. The molecule has 1 aromatic rings. The summed E-state index contributed by atoms with van der Waals surface area (Å²) < 4.78 is 1.52. The molecule has 1 unspecified atom stereocenters. The summed E-state index contributed by atoms with van der Waals surface area (Å²) in [6.07, 6.45) is 4.71. The number of aliphatic hydroxyl groups excluding tert-OH is 1. The molecule has 1 atom stereocenters. The van der Waals surface area contributed by atoms with E-state index in [9.17, 15) is 5.11 Å². The van der Waals surface area contributed by atoms with Crippen molar-refractivity contribution >= 4 is 34.8 Å². The van der Waals surface area contributed by atoms with Crippen LogP contribution in [-0.2, 0) is 6.54 Å². The number of hydrogen-bond acceptors (Lipinski definition) is 4. The van der Waals surface area contributed by atoms with Gasteiger partial charge in [-0.25, -0.2) is 9.67 Å². The van der Waals surface area contributed by atoms with Crippen molar-refractivity contribution in [2.24, 2.45) is 0 Å². The third-order valence-electron chi connectivity index (χ3n) is 3.49. The van der Waals surface area contributed by atoms with E-state index in [1.165, 1.54) is 17.3 Å². The summed E-state index contributed by atoms with van der Waals surface area (Å²) in [6.45, 7) is 0.0958. The summed E-state index contributed by atoms with van der Waals surface area (Å²) in [4.78, 5) is 3.13. The standard InChI is InChI=1S/C12H16Cl3N3O2/c13-9(1-4-19)10(14)5-12(20,11(15)2-3-11)6-18-8-16-7-17-18/h7-8,19-20H,1-6H2/b10-9+. The van der Waals surface area contributed by atoms with E-state index in [1.54, 1.807) is 0 Å². The van der Waals surface area contributed by atoms with E-state index in [-0.39, 0.29) is 26.0 Å². The second-order valence-electron chi connectivity index (χ2n) is 5.05. The minimum atomic E-state index is -1.26. The number of alkyl halides is 1. The van der Waals surface area contributed by atoms with Gasteiger partial charge in [-0.15, -0.1) is 11.6 Å². The van der Waals surface area contributed by atoms with Crippen LogP contribution in [-0.4, -0.2) is 42.1 Å². The Morgan fingerprint density at radius 3 is 2.55 bits per heavy atom. The lowest BCUT2D eigenvalue weighted by molar-refractivity contribution is 0.00907. The van der Waals surface area contributed by atoms with Gasteiger partial charge in [-0.1, -0.05) is 23.2 Å². The van der Waals surface area contributed by atoms with Crippen LogP contribution in [0.25, 0.3) is 0 Å². The summed E-state index contributed by atoms with van der Waals surface area (Å²) in [7, 11) is 0. The quantitative estimate of drug-likeness (QED) is 0.747. The lowest BCUT2D eigenvalue weighted by Crippen LogP contribution is -2.45. The first-order valence-electron chi connectivity index (χ1n) is 6.28. The maximum absolute atomic E-state index is 10.9. The molecule has 1 saturated carbocycles. The van der Waals surface area contributed by atoms with Gasteiger partial charge in [0, 0.05) is 29.5 Å². The maximum atomic E-state index is 10.9. The van der Waals surface area contributed by atoms with Crippen LogP contribution in [0.3, 0.4) is 0 Å². The average Bonchev–Trinajstić information content (AvgIpc) is 2.95. The van der Waals surface area contributed by atoms with Crippen molar-refractivity contribution in [2.45, 2.75) is 42.7 Å². The van der Waals surface area contributed by atoms with Crippen LogP contribution in [0.15, 0.2) is 22.7 Å². The van der Waals surface area contributed by atoms with Crippen molar-refractivity contribution in [1.82, 2.24) is 14.8 Å². The maximum Gasteiger partial charge on any atom is 0.137 e. The van der Waals surface area contributed by atoms with Crippen LogP contribution < -0.4 is 0 Å². The van der Waals surface area contributed by atoms with E-state index >= 15 is 0 Å². The Bertz CT molecular complexity index is 488. The normalized spacial score (nSPS) is 21.2. The predicted octanol–water partition coefficient (Wildman–Crippen LogP) is 2.24. The largest absolute Gasteiger partial charge is 0.396 e. The molecule has 1 aliphatic rings. The Morgan fingerprint density at radius 2 is 2.05 bits per heavy atom. The smallest absolute Gasteiger partial charge is 0.137 e. The molecule has 0 amide bonds. The first kappa shape index (κ1) is 16.0. The number of rotatable bonds is 7. The Morgan fingerprint density at radius 1 is 1.35 bits per heavy atom. The topological polar surface area (TPSA) is 71.2 Å². The minimum Gasteiger partial charge on any atom is -0.396 e. The van der Waals surface area contributed by atoms with Gasteiger partial charge in [0.05, 0.1) is 11.4 Å². The van der Waals surface area contributed by atoms with E-state index in [0.29, 0.717) is 22.9 Å². The number of aliphatic hydroxyl groups is 2. The fraction of sp³-hybridized carbons (Fsp3) is 0.667. The fourth-order valence-electron chi connectivity index (χ4n) is 2.10. The molecule has 8 heteroatoms. The highest BCUT2D eigenvalue weighted by molar-refractivity contribution is 6.39. The number of nitrogens with zero attached hydrogens (tertiary/aromatic N) is 3. The zero-order chi connectivity index (χ0) is 14.8. The van der Waals surface area contributed by atoms with E-state index in [1.807, 2.05) is 0 Å². The zero-order valence-electron chi connectivity index (χ0n) is 10.8. The van der Waals surface area contributed by atoms with Crippen LogP contribution in [0, 0.1) is 0 Å². The lowest BCUT2D eigenvalue weighted by Gasteiger charge is -2.33. The molecule has 112 valence electrons. The van der Waals surface area contributed by atoms with Gasteiger partial charge in [0.15, 0.2) is 0 Å². The molecule has 20 heavy (non-hydrogen) atoms. The molecule has 1 heterocycles. The first-order chi connectivity index (χ1) is 9.40. The minimum absolute atomic E-state index is 0.0947. The van der Waals surface area contributed by atoms with Crippen LogP contribution in [0.5, 0.6) is 0 Å². The van der Waals surface area contributed by atoms with E-state index in [4.69, 9.17) is 39.9 Å². The van der Waals surface area contributed by atoms with Crippen LogP contribution >= 0.6 is 34.8 Å². The number of aromatic nitrogens is 3. The van der Waals surface area contributed by atoms with E-state index in [2.05, 4.69) is 10.1 Å². The molecule has 2 N–H and O–H groups in total. The number of hydrogen-bond donors (Lipinski definition) is 2. The van der Waals surface area contributed by atoms with Crippen LogP contribution in [0.1, 0.15) is 25.7 Å². The van der Waals surface area contributed by atoms with E-state index < -0.39 is 10.5 Å². The van der Waals surface area contributed by atoms with Crippen molar-refractivity contribution < 1.29 is 10.2 Å². The molecule has 1 aliphatic carbocycles. The Labute approximate surface area is 132 Å². The third kappa shape index (κ3) is 3.46. The summed E-state index contributed by atoms with van der Waals surface area (Å²) in [6, 6.07) is 0. The highest BCUT2D eigenvalue weighted by atomic mass is 35.5. The molecule has 0 bridgehead atoms. The molecular weight excluding hydrogens is 325 g/mol. The van der Waals surface area contributed by atoms with Crippen molar-refractivity contribution in [3.8, 4) is 0 Å². The Balaban J connectivity index is 2.18. The monoisotopic (exact) mass is 339 g/mol. The molecule has 5 nitrogen and oxygen atoms in total. The van der Waals surface area contributed by atoms with Crippen LogP contribution in [0.2, 0.25) is 0 Å². The second-order valence-corrected chi connectivity index (χ2v) is 6.69. The van der Waals surface area contributed by atoms with Gasteiger partial charge in [0.2, 0.25) is 0 Å². The summed E-state index contributed by atoms with van der Waals surface area (Å²) in [5, 5.41) is 24.4. The second kappa shape index (κ2) is 6.20. The van der Waals surface area contributed by atoms with Crippen molar-refractivity contribution in [3.05, 3.63) is 22.7 Å². The summed E-state index contributed by atoms with van der Waals surface area (Å²) in [5.41, 5.74) is -1.26. The van der Waals surface area contributed by atoms with E-state index in [0.717, 1.165) is 0 Å². The Kier molecular flexibility index (Phi) is 4.97. The third-order valence-corrected chi connectivity index (χ3v) is 5.09. The van der Waals surface area contributed by atoms with Gasteiger partial charge in [-0.05, 0) is 12.8 Å². The zero-order valence-corrected chi connectivity index (χ0v) is 13.0. The van der Waals surface area contributed by atoms with Gasteiger partial charge < -0.3 is 10.2 Å². The van der Waals surface area contributed by atoms with Gasteiger partial charge in [0.1, 0.15) is 18.3 Å². The SMILES string of the molecule is OCC/C(Cl)=C(\Cl)CC(O)(Cn1cncn1)C1(Cl)CC1. The molecule has 0 aliphatic heterocycles. The highest BCUT2D eigenvalue weighted by Crippen LogP contribution is 2.54. The molecule has 2 rings (SSSR count). The van der Waals surface area contributed by atoms with Gasteiger partial charge in [-0.2, -0.15) is 5.10 Å². The summed E-state index contributed by atoms with van der Waals surface area (Å²) in [5.74, 6) is 0. The van der Waals surface area contributed by atoms with Crippen molar-refractivity contribution in [3.63, 3.8) is 0 Å². The molecule has 0 spiro atoms. The van der Waals surface area contributed by atoms with Crippen molar-refractivity contribution in [1.29, 1.82) is 0 Å². The molecular formula is C12H16Cl3N3O2. The van der Waals surface area contributed by atoms with Gasteiger partial charge in [-0.3, -0.25) is 0 Å². The molecule has 0 saturated heterocycles. The molecule has 1 fully saturated rings. The highest BCUT2D eigenvalue weighted by Gasteiger charge is 2.58. The lowest BCUT2D eigenvalue weighted by atomic mass is 9.92. The fourth-order valence-corrected chi connectivity index (χ4v) is 2.79. The average molecular weight is 341 g/mol. The first-order valence-corrected chi connectivity index (χ1v) is 7.41.